The van der Waals surface area contributed by atoms with E-state index in [1.165, 1.54) is 44.9 Å². The van der Waals surface area contributed by atoms with Crippen LogP contribution in [-0.4, -0.2) is 25.3 Å². The van der Waals surface area contributed by atoms with E-state index in [4.69, 9.17) is 4.74 Å². The van der Waals surface area contributed by atoms with Gasteiger partial charge in [-0.1, -0.05) is 0 Å². The summed E-state index contributed by atoms with van der Waals surface area (Å²) in [6, 6.07) is 1.61. The Morgan fingerprint density at radius 2 is 1.50 bits per heavy atom. The third kappa shape index (κ3) is 1.92. The summed E-state index contributed by atoms with van der Waals surface area (Å²) in [6.45, 7) is 0. The first-order chi connectivity index (χ1) is 8.81. The highest BCUT2D eigenvalue weighted by Crippen LogP contribution is 2.53. The first-order valence-electron chi connectivity index (χ1n) is 8.10. The average molecular weight is 249 g/mol. The summed E-state index contributed by atoms with van der Waals surface area (Å²) in [5, 5.41) is 4.05. The van der Waals surface area contributed by atoms with Gasteiger partial charge in [0, 0.05) is 19.2 Å². The normalized spacial score (nSPS) is 54.2. The van der Waals surface area contributed by atoms with Gasteiger partial charge in [0.1, 0.15) is 0 Å². The number of rotatable bonds is 3. The molecule has 5 aliphatic rings. The summed E-state index contributed by atoms with van der Waals surface area (Å²) in [5.41, 5.74) is 0. The molecule has 0 aromatic heterocycles. The summed E-state index contributed by atoms with van der Waals surface area (Å²) < 4.78 is 5.51. The summed E-state index contributed by atoms with van der Waals surface area (Å²) in [6.07, 6.45) is 12.1. The van der Waals surface area contributed by atoms with Gasteiger partial charge in [-0.15, -0.1) is 0 Å². The number of nitrogens with one attached hydrogen (secondary N) is 1. The second-order valence-corrected chi connectivity index (χ2v) is 7.49. The molecule has 5 saturated carbocycles. The van der Waals surface area contributed by atoms with Gasteiger partial charge in [0.2, 0.25) is 0 Å². The number of hydrogen-bond donors (Lipinski definition) is 1. The van der Waals surface area contributed by atoms with Crippen molar-refractivity contribution in [2.24, 2.45) is 23.7 Å². The van der Waals surface area contributed by atoms with Gasteiger partial charge in [0.05, 0.1) is 6.10 Å². The quantitative estimate of drug-likeness (QED) is 0.830. The van der Waals surface area contributed by atoms with Crippen LogP contribution in [0.15, 0.2) is 0 Å². The molecule has 102 valence electrons. The van der Waals surface area contributed by atoms with Gasteiger partial charge in [0.15, 0.2) is 0 Å². The van der Waals surface area contributed by atoms with Gasteiger partial charge < -0.3 is 10.1 Å². The summed E-state index contributed by atoms with van der Waals surface area (Å²) >= 11 is 0. The zero-order valence-corrected chi connectivity index (χ0v) is 11.6. The lowest BCUT2D eigenvalue weighted by Gasteiger charge is -2.55. The zero-order chi connectivity index (χ0) is 12.1. The largest absolute Gasteiger partial charge is 0.381 e. The molecule has 5 fully saturated rings. The van der Waals surface area contributed by atoms with Gasteiger partial charge in [0.25, 0.3) is 0 Å². The third-order valence-electron chi connectivity index (χ3n) is 6.37. The van der Waals surface area contributed by atoms with Gasteiger partial charge in [-0.05, 0) is 75.0 Å². The second kappa shape index (κ2) is 4.49. The summed E-state index contributed by atoms with van der Waals surface area (Å²) in [5.74, 6) is 4.23. The first-order valence-corrected chi connectivity index (χ1v) is 8.10. The molecule has 2 heteroatoms. The second-order valence-electron chi connectivity index (χ2n) is 7.49. The van der Waals surface area contributed by atoms with Crippen molar-refractivity contribution in [1.29, 1.82) is 0 Å². The standard InChI is InChI=1S/C16H27NO/c1-18-15-3-2-14(9-15)17-16-12-5-10-4-11(7-12)8-13(16)6-10/h10-17H,2-9H2,1H3. The van der Waals surface area contributed by atoms with Crippen molar-refractivity contribution in [2.75, 3.05) is 7.11 Å². The van der Waals surface area contributed by atoms with Crippen LogP contribution in [0.4, 0.5) is 0 Å². The summed E-state index contributed by atoms with van der Waals surface area (Å²) in [4.78, 5) is 0. The Morgan fingerprint density at radius 3 is 2.06 bits per heavy atom. The van der Waals surface area contributed by atoms with Gasteiger partial charge in [-0.25, -0.2) is 0 Å². The molecule has 2 atom stereocenters. The van der Waals surface area contributed by atoms with E-state index in [9.17, 15) is 0 Å². The Morgan fingerprint density at radius 1 is 0.833 bits per heavy atom. The minimum Gasteiger partial charge on any atom is -0.381 e. The molecule has 4 bridgehead atoms. The van der Waals surface area contributed by atoms with E-state index < -0.39 is 0 Å². The van der Waals surface area contributed by atoms with Crippen LogP contribution in [0.2, 0.25) is 0 Å². The highest BCUT2D eigenvalue weighted by molar-refractivity contribution is 5.02. The Kier molecular flexibility index (Phi) is 2.92. The van der Waals surface area contributed by atoms with Crippen LogP contribution in [0.25, 0.3) is 0 Å². The van der Waals surface area contributed by atoms with E-state index in [2.05, 4.69) is 5.32 Å². The lowest BCUT2D eigenvalue weighted by atomic mass is 9.54. The van der Waals surface area contributed by atoms with Crippen LogP contribution in [0, 0.1) is 23.7 Å². The van der Waals surface area contributed by atoms with E-state index in [0.717, 1.165) is 35.8 Å². The fourth-order valence-electron chi connectivity index (χ4n) is 5.78. The van der Waals surface area contributed by atoms with Gasteiger partial charge in [-0.2, -0.15) is 0 Å². The van der Waals surface area contributed by atoms with E-state index >= 15 is 0 Å². The Labute approximate surface area is 111 Å². The maximum Gasteiger partial charge on any atom is 0.0586 e. The van der Waals surface area contributed by atoms with Crippen molar-refractivity contribution in [3.05, 3.63) is 0 Å². The molecule has 2 nitrogen and oxygen atoms in total. The van der Waals surface area contributed by atoms with Crippen LogP contribution in [-0.2, 0) is 4.74 Å². The van der Waals surface area contributed by atoms with Crippen molar-refractivity contribution >= 4 is 0 Å². The van der Waals surface area contributed by atoms with E-state index in [1.807, 2.05) is 7.11 Å². The molecule has 0 heterocycles. The molecule has 0 radical (unpaired) electrons. The van der Waals surface area contributed by atoms with E-state index in [-0.39, 0.29) is 0 Å². The zero-order valence-electron chi connectivity index (χ0n) is 11.6. The van der Waals surface area contributed by atoms with Crippen molar-refractivity contribution < 1.29 is 4.74 Å². The molecule has 0 aromatic rings. The molecular formula is C16H27NO. The van der Waals surface area contributed by atoms with Crippen molar-refractivity contribution in [1.82, 2.24) is 5.32 Å². The maximum absolute atomic E-state index is 5.51. The molecule has 0 spiro atoms. The molecule has 0 aromatic carbocycles. The summed E-state index contributed by atoms with van der Waals surface area (Å²) in [7, 11) is 1.87. The highest BCUT2D eigenvalue weighted by Gasteiger charge is 2.48. The lowest BCUT2D eigenvalue weighted by molar-refractivity contribution is -0.0181. The highest BCUT2D eigenvalue weighted by atomic mass is 16.5. The number of methoxy groups -OCH3 is 1. The van der Waals surface area contributed by atoms with Crippen LogP contribution >= 0.6 is 0 Å². The SMILES string of the molecule is COC1CCC(NC2C3CC4CC(C3)CC2C4)C1. The predicted octanol–water partition coefficient (Wildman–Crippen LogP) is 2.97. The molecular weight excluding hydrogens is 222 g/mol. The molecule has 2 unspecified atom stereocenters. The van der Waals surface area contributed by atoms with Gasteiger partial charge in [-0.3, -0.25) is 0 Å². The average Bonchev–Trinajstić information content (AvgIpc) is 2.80. The van der Waals surface area contributed by atoms with Crippen LogP contribution in [0.1, 0.15) is 51.4 Å². The Bertz CT molecular complexity index is 288. The first kappa shape index (κ1) is 11.7. The minimum atomic E-state index is 0.527. The Hall–Kier alpha value is -0.0800. The fourth-order valence-corrected chi connectivity index (χ4v) is 5.78. The molecule has 18 heavy (non-hydrogen) atoms. The molecule has 5 rings (SSSR count). The van der Waals surface area contributed by atoms with Crippen LogP contribution in [0.3, 0.4) is 0 Å². The van der Waals surface area contributed by atoms with Crippen molar-refractivity contribution in [3.63, 3.8) is 0 Å². The number of ether oxygens (including phenoxy) is 1. The molecule has 0 saturated heterocycles. The van der Waals surface area contributed by atoms with Crippen LogP contribution < -0.4 is 5.32 Å². The van der Waals surface area contributed by atoms with Crippen LogP contribution in [0.5, 0.6) is 0 Å². The molecule has 0 amide bonds. The van der Waals surface area contributed by atoms with Crippen molar-refractivity contribution in [2.45, 2.75) is 69.6 Å². The third-order valence-corrected chi connectivity index (χ3v) is 6.37. The maximum atomic E-state index is 5.51. The Balaban J connectivity index is 1.40. The van der Waals surface area contributed by atoms with E-state index in [0.29, 0.717) is 6.10 Å². The fraction of sp³-hybridized carbons (Fsp3) is 1.00. The van der Waals surface area contributed by atoms with E-state index in [1.54, 1.807) is 6.42 Å². The molecule has 0 aliphatic heterocycles. The number of hydrogen-bond acceptors (Lipinski definition) is 2. The van der Waals surface area contributed by atoms with Crippen molar-refractivity contribution in [3.8, 4) is 0 Å². The monoisotopic (exact) mass is 249 g/mol. The van der Waals surface area contributed by atoms with Gasteiger partial charge >= 0.3 is 0 Å². The smallest absolute Gasteiger partial charge is 0.0586 e. The molecule has 1 N–H and O–H groups in total. The predicted molar refractivity (Wildman–Crippen MR) is 72.4 cm³/mol. The lowest BCUT2D eigenvalue weighted by Crippen LogP contribution is -2.56. The molecule has 5 aliphatic carbocycles. The topological polar surface area (TPSA) is 21.3 Å². The minimum absolute atomic E-state index is 0.527.